The molecule has 0 aliphatic rings. The quantitative estimate of drug-likeness (QED) is 0.459. The summed E-state index contributed by atoms with van der Waals surface area (Å²) in [4.78, 5) is 15.2. The molecule has 2 aromatic rings. The smallest absolute Gasteiger partial charge is 0.355 e. The third-order valence-electron chi connectivity index (χ3n) is 3.38. The van der Waals surface area contributed by atoms with Crippen LogP contribution >= 0.6 is 15.9 Å². The lowest BCUT2D eigenvalue weighted by molar-refractivity contribution is 0.0519. The molecule has 2 rings (SSSR count). The van der Waals surface area contributed by atoms with E-state index >= 15 is 0 Å². The summed E-state index contributed by atoms with van der Waals surface area (Å²) in [6, 6.07) is 5.67. The summed E-state index contributed by atoms with van der Waals surface area (Å²) >= 11 is 2.11. The minimum absolute atomic E-state index is 0.304. The number of hydrogen-bond acceptors (Lipinski definition) is 4. The molecule has 7 heteroatoms. The molecule has 24 heavy (non-hydrogen) atoms. The number of rotatable bonds is 4. The van der Waals surface area contributed by atoms with Crippen molar-refractivity contribution in [2.75, 3.05) is 6.61 Å². The fraction of sp³-hybridized carbons (Fsp3) is 0.412. The van der Waals surface area contributed by atoms with Crippen LogP contribution < -0.4 is 0 Å². The largest absolute Gasteiger partial charge is 0.591 e. The predicted octanol–water partition coefficient (Wildman–Crippen LogP) is 4.38. The maximum Gasteiger partial charge on any atom is 0.355 e. The molecule has 1 aromatic carbocycles. The minimum Gasteiger partial charge on any atom is -0.591 e. The van der Waals surface area contributed by atoms with E-state index in [9.17, 15) is 9.35 Å². The summed E-state index contributed by atoms with van der Waals surface area (Å²) in [5.74, 6) is -0.417. The number of aromatic amines is 1. The van der Waals surface area contributed by atoms with Crippen molar-refractivity contribution in [1.29, 1.82) is 0 Å². The van der Waals surface area contributed by atoms with Gasteiger partial charge in [-0.2, -0.15) is 0 Å². The third-order valence-corrected chi connectivity index (χ3v) is 5.69. The molecule has 1 atom stereocenters. The second-order valence-electron chi connectivity index (χ2n) is 6.30. The highest BCUT2D eigenvalue weighted by Gasteiger charge is 2.27. The lowest BCUT2D eigenvalue weighted by Crippen LogP contribution is -2.26. The fourth-order valence-corrected chi connectivity index (χ4v) is 3.35. The summed E-state index contributed by atoms with van der Waals surface area (Å²) in [6.45, 7) is 9.52. The van der Waals surface area contributed by atoms with Crippen LogP contribution in [0.25, 0.3) is 10.9 Å². The molecule has 0 aliphatic carbocycles. The molecule has 0 saturated carbocycles. The van der Waals surface area contributed by atoms with Crippen molar-refractivity contribution in [2.45, 2.75) is 39.4 Å². The van der Waals surface area contributed by atoms with Gasteiger partial charge in [0.15, 0.2) is 0 Å². The van der Waals surface area contributed by atoms with Crippen LogP contribution in [0.15, 0.2) is 27.1 Å². The van der Waals surface area contributed by atoms with E-state index in [0.29, 0.717) is 22.5 Å². The van der Waals surface area contributed by atoms with Crippen LogP contribution in [0, 0.1) is 0 Å². The van der Waals surface area contributed by atoms with Gasteiger partial charge in [-0.3, -0.25) is 0 Å². The first kappa shape index (κ1) is 19.0. The van der Waals surface area contributed by atoms with Crippen LogP contribution in [-0.4, -0.2) is 32.6 Å². The normalized spacial score (nSPS) is 14.0. The number of carbonyl (C=O) groups excluding carboxylic acids is 1. The van der Waals surface area contributed by atoms with Crippen molar-refractivity contribution in [1.82, 2.24) is 4.98 Å². The molecule has 1 N–H and O–H groups in total. The SMILES string of the molecule is CCOC(=O)c1[nH]c2c(C(C)=N[S+]([O-])C(C)(C)C)cccc2c1Br. The van der Waals surface area contributed by atoms with Gasteiger partial charge in [-0.1, -0.05) is 22.6 Å². The molecular formula is C17H21BrN2O3S. The van der Waals surface area contributed by atoms with E-state index in [1.54, 1.807) is 6.92 Å². The summed E-state index contributed by atoms with van der Waals surface area (Å²) < 4.78 is 21.9. The van der Waals surface area contributed by atoms with Gasteiger partial charge in [0.2, 0.25) is 0 Å². The highest BCUT2D eigenvalue weighted by Crippen LogP contribution is 2.31. The number of halogens is 1. The van der Waals surface area contributed by atoms with E-state index in [-0.39, 0.29) is 0 Å². The molecule has 1 unspecified atom stereocenters. The first-order chi connectivity index (χ1) is 11.2. The van der Waals surface area contributed by atoms with E-state index in [1.807, 2.05) is 45.9 Å². The highest BCUT2D eigenvalue weighted by molar-refractivity contribution is 9.10. The Bertz CT molecular complexity index is 793. The van der Waals surface area contributed by atoms with Gasteiger partial charge in [0.25, 0.3) is 0 Å². The second kappa shape index (κ2) is 7.29. The number of fused-ring (bicyclic) bond motifs is 1. The fourth-order valence-electron chi connectivity index (χ4n) is 2.14. The Hall–Kier alpha value is -1.31. The number of aromatic nitrogens is 1. The Morgan fingerprint density at radius 1 is 1.42 bits per heavy atom. The van der Waals surface area contributed by atoms with Crippen molar-refractivity contribution < 1.29 is 14.1 Å². The van der Waals surface area contributed by atoms with Crippen LogP contribution in [0.1, 0.15) is 50.7 Å². The van der Waals surface area contributed by atoms with Gasteiger partial charge in [-0.05, 0) is 50.5 Å². The van der Waals surface area contributed by atoms with Gasteiger partial charge in [-0.25, -0.2) is 4.79 Å². The molecule has 1 aromatic heterocycles. The van der Waals surface area contributed by atoms with Gasteiger partial charge in [0.05, 0.1) is 22.3 Å². The van der Waals surface area contributed by atoms with Crippen LogP contribution in [0.5, 0.6) is 0 Å². The molecule has 0 radical (unpaired) electrons. The number of nitrogens with one attached hydrogen (secondary N) is 1. The Balaban J connectivity index is 2.55. The average molecular weight is 413 g/mol. The van der Waals surface area contributed by atoms with Gasteiger partial charge in [-0.15, -0.1) is 0 Å². The van der Waals surface area contributed by atoms with Gasteiger partial charge < -0.3 is 14.3 Å². The van der Waals surface area contributed by atoms with Gasteiger partial charge >= 0.3 is 5.97 Å². The molecular weight excluding hydrogens is 392 g/mol. The lowest BCUT2D eigenvalue weighted by atomic mass is 10.1. The van der Waals surface area contributed by atoms with Gasteiger partial charge in [0, 0.05) is 10.9 Å². The standard InChI is InChI=1S/C17H21BrN2O3S/c1-6-23-16(21)15-13(18)12-9-7-8-11(14(12)19-15)10(2)20-24(22)17(3,4)5/h7-9,19H,6H2,1-5H3. The molecule has 130 valence electrons. The lowest BCUT2D eigenvalue weighted by Gasteiger charge is -2.18. The number of H-pyrrole nitrogens is 1. The van der Waals surface area contributed by atoms with E-state index in [4.69, 9.17) is 4.74 Å². The third kappa shape index (κ3) is 3.84. The molecule has 5 nitrogen and oxygen atoms in total. The average Bonchev–Trinajstić information content (AvgIpc) is 2.84. The highest BCUT2D eigenvalue weighted by atomic mass is 79.9. The number of para-hydroxylation sites is 1. The zero-order valence-electron chi connectivity index (χ0n) is 14.4. The van der Waals surface area contributed by atoms with Crippen LogP contribution in [-0.2, 0) is 16.1 Å². The van der Waals surface area contributed by atoms with Crippen molar-refractivity contribution >= 4 is 49.9 Å². The second-order valence-corrected chi connectivity index (χ2v) is 9.00. The predicted molar refractivity (Wildman–Crippen MR) is 102 cm³/mol. The number of nitrogens with zero attached hydrogens (tertiary/aromatic N) is 1. The maximum atomic E-state index is 12.3. The number of hydrogen-bond donors (Lipinski definition) is 1. The molecule has 0 aliphatic heterocycles. The summed E-state index contributed by atoms with van der Waals surface area (Å²) in [7, 11) is 0. The van der Waals surface area contributed by atoms with Gasteiger partial charge in [0.1, 0.15) is 21.8 Å². The molecule has 1 heterocycles. The number of ether oxygens (including phenoxy) is 1. The van der Waals surface area contributed by atoms with Crippen molar-refractivity contribution in [2.24, 2.45) is 4.40 Å². The number of esters is 1. The monoisotopic (exact) mass is 412 g/mol. The summed E-state index contributed by atoms with van der Waals surface area (Å²) in [5.41, 5.74) is 2.59. The summed E-state index contributed by atoms with van der Waals surface area (Å²) in [6.07, 6.45) is 0. The first-order valence-electron chi connectivity index (χ1n) is 7.61. The molecule has 0 fully saturated rings. The van der Waals surface area contributed by atoms with E-state index in [1.165, 1.54) is 0 Å². The Labute approximate surface area is 153 Å². The molecule has 0 amide bonds. The van der Waals surface area contributed by atoms with Crippen molar-refractivity contribution in [3.05, 3.63) is 33.9 Å². The van der Waals surface area contributed by atoms with Crippen LogP contribution in [0.4, 0.5) is 0 Å². The first-order valence-corrected chi connectivity index (χ1v) is 9.51. The molecule has 0 bridgehead atoms. The topological polar surface area (TPSA) is 77.5 Å². The van der Waals surface area contributed by atoms with Crippen molar-refractivity contribution in [3.63, 3.8) is 0 Å². The van der Waals surface area contributed by atoms with Crippen LogP contribution in [0.3, 0.4) is 0 Å². The Kier molecular flexibility index (Phi) is 5.78. The minimum atomic E-state index is -1.35. The Morgan fingerprint density at radius 3 is 2.67 bits per heavy atom. The summed E-state index contributed by atoms with van der Waals surface area (Å²) in [5, 5.41) is 0.853. The molecule has 0 spiro atoms. The zero-order valence-corrected chi connectivity index (χ0v) is 16.8. The maximum absolute atomic E-state index is 12.3. The number of carbonyl (C=O) groups is 1. The Morgan fingerprint density at radius 2 is 2.08 bits per heavy atom. The number of benzene rings is 1. The van der Waals surface area contributed by atoms with E-state index in [0.717, 1.165) is 16.5 Å². The zero-order chi connectivity index (χ0) is 18.1. The van der Waals surface area contributed by atoms with E-state index < -0.39 is 22.1 Å². The molecule has 0 saturated heterocycles. The van der Waals surface area contributed by atoms with E-state index in [2.05, 4.69) is 25.3 Å². The van der Waals surface area contributed by atoms with Crippen molar-refractivity contribution in [3.8, 4) is 0 Å². The van der Waals surface area contributed by atoms with Crippen LogP contribution in [0.2, 0.25) is 0 Å².